The Hall–Kier alpha value is -2.40. The van der Waals surface area contributed by atoms with Crippen LogP contribution >= 0.6 is 11.6 Å². The number of nitrogens with zero attached hydrogens (tertiary/aromatic N) is 5. The first-order valence-corrected chi connectivity index (χ1v) is 7.98. The molecule has 1 saturated heterocycles. The Balaban J connectivity index is 2.23. The predicted molar refractivity (Wildman–Crippen MR) is 90.4 cm³/mol. The maximum Gasteiger partial charge on any atom is 0.406 e. The Labute approximate surface area is 150 Å². The van der Waals surface area contributed by atoms with E-state index in [1.165, 1.54) is 0 Å². The van der Waals surface area contributed by atoms with Crippen molar-refractivity contribution >= 4 is 40.4 Å². The van der Waals surface area contributed by atoms with E-state index in [-0.39, 0.29) is 27.8 Å². The Morgan fingerprint density at radius 3 is 2.54 bits per heavy atom. The molecule has 12 heteroatoms. The molecule has 0 spiro atoms. The number of nitrogens with one attached hydrogen (secondary N) is 1. The minimum absolute atomic E-state index is 0.0245. The zero-order chi connectivity index (χ0) is 18.9. The van der Waals surface area contributed by atoms with Gasteiger partial charge in [-0.3, -0.25) is 4.57 Å². The highest BCUT2D eigenvalue weighted by atomic mass is 35.5. The first kappa shape index (κ1) is 18.4. The van der Waals surface area contributed by atoms with Gasteiger partial charge in [0, 0.05) is 25.5 Å². The fourth-order valence-corrected chi connectivity index (χ4v) is 2.82. The molecule has 0 saturated carbocycles. The molecule has 0 unspecified atom stereocenters. The van der Waals surface area contributed by atoms with Crippen LogP contribution in [0.1, 0.15) is 5.82 Å². The summed E-state index contributed by atoms with van der Waals surface area (Å²) in [6, 6.07) is 0. The van der Waals surface area contributed by atoms with Crippen LogP contribution in [0.2, 0.25) is 5.28 Å². The van der Waals surface area contributed by atoms with Gasteiger partial charge in [-0.1, -0.05) is 0 Å². The molecule has 140 valence electrons. The molecule has 1 aliphatic heterocycles. The smallest absolute Gasteiger partial charge is 0.404 e. The second-order valence-electron chi connectivity index (χ2n) is 5.49. The summed E-state index contributed by atoms with van der Waals surface area (Å²) >= 11 is 5.94. The number of anilines is 1. The fraction of sp³-hybridized carbons (Fsp3) is 0.429. The largest absolute Gasteiger partial charge is 0.406 e. The number of hydrogen-bond donors (Lipinski definition) is 2. The zero-order valence-electron chi connectivity index (χ0n) is 13.4. The first-order chi connectivity index (χ1) is 12.3. The summed E-state index contributed by atoms with van der Waals surface area (Å²) in [5, 5.41) is 7.07. The summed E-state index contributed by atoms with van der Waals surface area (Å²) in [5.74, 6) is 0.355. The van der Waals surface area contributed by atoms with Gasteiger partial charge in [0.15, 0.2) is 22.8 Å². The van der Waals surface area contributed by atoms with Gasteiger partial charge in [0.05, 0.1) is 18.8 Å². The van der Waals surface area contributed by atoms with Gasteiger partial charge in [-0.2, -0.15) is 13.2 Å². The predicted octanol–water partition coefficient (Wildman–Crippen LogP) is 1.83. The van der Waals surface area contributed by atoms with Crippen LogP contribution in [0.15, 0.2) is 6.20 Å². The number of nitrogens with two attached hydrogens (primary N) is 1. The molecular weight excluding hydrogens is 375 g/mol. The van der Waals surface area contributed by atoms with Crippen molar-refractivity contribution in [1.29, 1.82) is 5.41 Å². The Bertz CT molecular complexity index is 858. The second-order valence-corrected chi connectivity index (χ2v) is 5.83. The molecule has 3 N–H and O–H groups in total. The lowest BCUT2D eigenvalue weighted by Gasteiger charge is -2.28. The summed E-state index contributed by atoms with van der Waals surface area (Å²) in [4.78, 5) is 14.4. The van der Waals surface area contributed by atoms with Gasteiger partial charge in [-0.25, -0.2) is 15.0 Å². The number of halogens is 4. The molecule has 0 amide bonds. The first-order valence-electron chi connectivity index (χ1n) is 7.60. The Morgan fingerprint density at radius 1 is 1.27 bits per heavy atom. The van der Waals surface area contributed by atoms with Gasteiger partial charge < -0.3 is 20.8 Å². The number of rotatable bonds is 4. The van der Waals surface area contributed by atoms with E-state index in [0.29, 0.717) is 32.1 Å². The number of ether oxygens (including phenoxy) is 1. The topological polar surface area (TPSA) is 106 Å². The zero-order valence-corrected chi connectivity index (χ0v) is 14.2. The minimum atomic E-state index is -4.50. The number of allylic oxidation sites excluding steroid dienone is 1. The molecule has 0 radical (unpaired) electrons. The maximum absolute atomic E-state index is 12.9. The summed E-state index contributed by atoms with van der Waals surface area (Å²) < 4.78 is 44.8. The molecule has 26 heavy (non-hydrogen) atoms. The number of imidazole rings is 1. The highest BCUT2D eigenvalue weighted by molar-refractivity contribution is 6.29. The third-order valence-corrected chi connectivity index (χ3v) is 4.06. The van der Waals surface area contributed by atoms with Gasteiger partial charge in [-0.05, 0) is 11.6 Å². The van der Waals surface area contributed by atoms with Crippen molar-refractivity contribution in [3.05, 3.63) is 17.3 Å². The molecule has 0 bridgehead atoms. The molecule has 1 aliphatic rings. The Kier molecular flexibility index (Phi) is 5.01. The van der Waals surface area contributed by atoms with Gasteiger partial charge in [0.1, 0.15) is 6.54 Å². The van der Waals surface area contributed by atoms with Crippen LogP contribution in [-0.4, -0.2) is 58.2 Å². The van der Waals surface area contributed by atoms with E-state index >= 15 is 0 Å². The molecule has 2 aromatic heterocycles. The van der Waals surface area contributed by atoms with Gasteiger partial charge in [0.2, 0.25) is 5.28 Å². The summed E-state index contributed by atoms with van der Waals surface area (Å²) in [6.07, 6.45) is -2.46. The minimum Gasteiger partial charge on any atom is -0.404 e. The lowest BCUT2D eigenvalue weighted by atomic mass is 10.2. The van der Waals surface area contributed by atoms with Crippen LogP contribution in [0, 0.1) is 5.41 Å². The molecule has 3 heterocycles. The standard InChI is InChI=1S/C14H15ClF3N7O/c15-13-21-9-11(24-1-3-26-4-2-24)22-10(8(5-19)6-20)23-12(9)25(13)7-14(16,17)18/h5-6,19H,1-4,7,20H2. The van der Waals surface area contributed by atoms with Crippen molar-refractivity contribution in [2.45, 2.75) is 12.7 Å². The lowest BCUT2D eigenvalue weighted by molar-refractivity contribution is -0.140. The average Bonchev–Trinajstić information content (AvgIpc) is 2.90. The molecule has 3 rings (SSSR count). The SMILES string of the molecule is N=CC(=CN)c1nc(N2CCOCC2)c2nc(Cl)n(CC(F)(F)F)c2n1. The van der Waals surface area contributed by atoms with Crippen molar-refractivity contribution in [2.24, 2.45) is 5.73 Å². The number of hydrogen-bond acceptors (Lipinski definition) is 7. The van der Waals surface area contributed by atoms with Crippen LogP contribution in [0.3, 0.4) is 0 Å². The molecule has 8 nitrogen and oxygen atoms in total. The summed E-state index contributed by atoms with van der Waals surface area (Å²) in [6.45, 7) is 0.528. The highest BCUT2D eigenvalue weighted by Crippen LogP contribution is 2.30. The second kappa shape index (κ2) is 7.08. The average molecular weight is 390 g/mol. The van der Waals surface area contributed by atoms with Crippen LogP contribution in [0.5, 0.6) is 0 Å². The van der Waals surface area contributed by atoms with Gasteiger partial charge >= 0.3 is 6.18 Å². The van der Waals surface area contributed by atoms with Gasteiger partial charge in [0.25, 0.3) is 0 Å². The number of morpholine rings is 1. The van der Waals surface area contributed by atoms with E-state index in [0.717, 1.165) is 17.0 Å². The van der Waals surface area contributed by atoms with Gasteiger partial charge in [-0.15, -0.1) is 0 Å². The van der Waals surface area contributed by atoms with Crippen LogP contribution in [-0.2, 0) is 11.3 Å². The molecule has 0 aromatic carbocycles. The molecule has 2 aromatic rings. The van der Waals surface area contributed by atoms with Crippen LogP contribution in [0.25, 0.3) is 16.7 Å². The van der Waals surface area contributed by atoms with E-state index in [4.69, 9.17) is 27.5 Å². The summed E-state index contributed by atoms with van der Waals surface area (Å²) in [5.41, 5.74) is 5.73. The van der Waals surface area contributed by atoms with Crippen LogP contribution < -0.4 is 10.6 Å². The number of fused-ring (bicyclic) bond motifs is 1. The van der Waals surface area contributed by atoms with Crippen molar-refractivity contribution in [3.8, 4) is 0 Å². The van der Waals surface area contributed by atoms with E-state index in [1.807, 2.05) is 4.90 Å². The number of aromatic nitrogens is 4. The molecule has 0 atom stereocenters. The number of alkyl halides is 3. The van der Waals surface area contributed by atoms with Crippen molar-refractivity contribution in [1.82, 2.24) is 19.5 Å². The van der Waals surface area contributed by atoms with Crippen molar-refractivity contribution in [3.63, 3.8) is 0 Å². The van der Waals surface area contributed by atoms with Crippen LogP contribution in [0.4, 0.5) is 19.0 Å². The van der Waals surface area contributed by atoms with Crippen molar-refractivity contribution in [2.75, 3.05) is 31.2 Å². The lowest BCUT2D eigenvalue weighted by Crippen LogP contribution is -2.37. The summed E-state index contributed by atoms with van der Waals surface area (Å²) in [7, 11) is 0. The normalized spacial score (nSPS) is 16.3. The van der Waals surface area contributed by atoms with Crippen molar-refractivity contribution < 1.29 is 17.9 Å². The maximum atomic E-state index is 12.9. The van der Waals surface area contributed by atoms with E-state index in [9.17, 15) is 13.2 Å². The van der Waals surface area contributed by atoms with E-state index in [2.05, 4.69) is 15.0 Å². The van der Waals surface area contributed by atoms with E-state index < -0.39 is 12.7 Å². The monoisotopic (exact) mass is 389 g/mol. The quantitative estimate of drug-likeness (QED) is 0.610. The highest BCUT2D eigenvalue weighted by Gasteiger charge is 2.32. The van der Waals surface area contributed by atoms with E-state index in [1.54, 1.807) is 0 Å². The fourth-order valence-electron chi connectivity index (χ4n) is 2.59. The molecule has 0 aliphatic carbocycles. The third-order valence-electron chi connectivity index (χ3n) is 3.77. The Morgan fingerprint density at radius 2 is 1.96 bits per heavy atom. The third kappa shape index (κ3) is 3.58. The molecule has 1 fully saturated rings. The molecular formula is C14H15ClF3N7O.